The Bertz CT molecular complexity index is 1850. The van der Waals surface area contributed by atoms with Crippen LogP contribution in [0, 0.1) is 0 Å². The molecular formula is C38H44BBrN4O6. The van der Waals surface area contributed by atoms with E-state index in [9.17, 15) is 0 Å². The first-order valence-electron chi connectivity index (χ1n) is 17.3. The van der Waals surface area contributed by atoms with E-state index in [1.807, 2.05) is 48.5 Å². The van der Waals surface area contributed by atoms with Gasteiger partial charge in [0.05, 0.1) is 30.1 Å². The summed E-state index contributed by atoms with van der Waals surface area (Å²) in [4.78, 5) is 8.49. The van der Waals surface area contributed by atoms with Crippen LogP contribution in [0.15, 0.2) is 65.4 Å². The number of halogens is 1. The minimum absolute atomic E-state index is 0.321. The molecule has 4 aromatic rings. The summed E-state index contributed by atoms with van der Waals surface area (Å²) in [5, 5.41) is 0. The van der Waals surface area contributed by atoms with Crippen molar-refractivity contribution >= 4 is 39.9 Å². The van der Waals surface area contributed by atoms with Crippen molar-refractivity contribution in [1.29, 1.82) is 0 Å². The zero-order valence-corrected chi connectivity index (χ0v) is 30.6. The molecule has 50 heavy (non-hydrogen) atoms. The summed E-state index contributed by atoms with van der Waals surface area (Å²) in [5.41, 5.74) is 18.4. The number of rotatable bonds is 6. The molecule has 3 aliphatic heterocycles. The van der Waals surface area contributed by atoms with Crippen LogP contribution in [0.25, 0.3) is 11.1 Å². The van der Waals surface area contributed by atoms with E-state index in [1.54, 1.807) is 12.4 Å². The third-order valence-corrected chi connectivity index (χ3v) is 10.4. The molecule has 5 aliphatic rings. The van der Waals surface area contributed by atoms with Crippen molar-refractivity contribution < 1.29 is 28.3 Å². The number of nitrogens with zero attached hydrogens (tertiary/aromatic N) is 2. The van der Waals surface area contributed by atoms with E-state index < -0.39 is 0 Å². The van der Waals surface area contributed by atoms with Crippen molar-refractivity contribution in [3.8, 4) is 34.4 Å². The van der Waals surface area contributed by atoms with Crippen LogP contribution < -0.4 is 35.9 Å². The van der Waals surface area contributed by atoms with Gasteiger partial charge in [-0.25, -0.2) is 9.97 Å². The lowest BCUT2D eigenvalue weighted by atomic mass is 9.80. The van der Waals surface area contributed by atoms with Crippen LogP contribution >= 0.6 is 15.9 Å². The summed E-state index contributed by atoms with van der Waals surface area (Å²) in [6, 6.07) is 15.6. The number of benzene rings is 2. The average Bonchev–Trinajstić information content (AvgIpc) is 3.96. The molecule has 2 aromatic carbocycles. The lowest BCUT2D eigenvalue weighted by Crippen LogP contribution is -2.41. The van der Waals surface area contributed by atoms with Crippen LogP contribution in [0.5, 0.6) is 23.3 Å². The number of anilines is 2. The molecule has 0 unspecified atom stereocenters. The zero-order valence-electron chi connectivity index (χ0n) is 29.0. The van der Waals surface area contributed by atoms with Crippen molar-refractivity contribution in [3.63, 3.8) is 0 Å². The SMILES string of the molecule is CC1(C)OB(c2ccnc(OC3CC3)c2)OC1(C)C.Nc1c(-c2ccnc(OC3CC3)c2)ccc2c1CCO2.Nc1c(Br)ccc2c1CCO2. The smallest absolute Gasteiger partial charge is 0.493 e. The highest BCUT2D eigenvalue weighted by molar-refractivity contribution is 9.10. The molecule has 0 bridgehead atoms. The summed E-state index contributed by atoms with van der Waals surface area (Å²) in [6.07, 6.45) is 10.5. The van der Waals surface area contributed by atoms with Gasteiger partial charge in [0, 0.05) is 64.2 Å². The second kappa shape index (κ2) is 14.0. The number of hydrogen-bond acceptors (Lipinski definition) is 10. The predicted octanol–water partition coefficient (Wildman–Crippen LogP) is 6.70. The zero-order chi connectivity index (χ0) is 35.0. The van der Waals surface area contributed by atoms with Crippen molar-refractivity contribution in [3.05, 3.63) is 76.5 Å². The number of aromatic nitrogens is 2. The molecule has 3 fully saturated rings. The Kier molecular flexibility index (Phi) is 9.62. The lowest BCUT2D eigenvalue weighted by Gasteiger charge is -2.32. The van der Waals surface area contributed by atoms with Gasteiger partial charge in [0.1, 0.15) is 23.7 Å². The molecule has 2 aromatic heterocycles. The van der Waals surface area contributed by atoms with Gasteiger partial charge in [-0.05, 0) is 117 Å². The van der Waals surface area contributed by atoms with Gasteiger partial charge in [0.25, 0.3) is 0 Å². The van der Waals surface area contributed by atoms with Crippen molar-refractivity contribution in [1.82, 2.24) is 9.97 Å². The molecule has 12 heteroatoms. The summed E-state index contributed by atoms with van der Waals surface area (Å²) in [7, 11) is -0.352. The fraction of sp³-hybridized carbons (Fsp3) is 0.421. The number of pyridine rings is 2. The van der Waals surface area contributed by atoms with E-state index in [2.05, 4.69) is 53.6 Å². The van der Waals surface area contributed by atoms with Crippen LogP contribution in [0.4, 0.5) is 11.4 Å². The molecule has 5 heterocycles. The number of nitrogens with two attached hydrogens (primary N) is 2. The Labute approximate surface area is 302 Å². The van der Waals surface area contributed by atoms with Crippen molar-refractivity contribution in [2.75, 3.05) is 24.7 Å². The minimum Gasteiger partial charge on any atom is -0.493 e. The lowest BCUT2D eigenvalue weighted by molar-refractivity contribution is 0.00578. The maximum Gasteiger partial charge on any atom is 0.495 e. The molecule has 4 N–H and O–H groups in total. The highest BCUT2D eigenvalue weighted by atomic mass is 79.9. The second-order valence-corrected chi connectivity index (χ2v) is 15.0. The Morgan fingerprint density at radius 3 is 1.86 bits per heavy atom. The minimum atomic E-state index is -0.352. The van der Waals surface area contributed by atoms with Gasteiger partial charge in [-0.15, -0.1) is 0 Å². The van der Waals surface area contributed by atoms with Crippen LogP contribution in [-0.4, -0.2) is 53.7 Å². The number of ether oxygens (including phenoxy) is 4. The fourth-order valence-corrected chi connectivity index (χ4v) is 6.17. The van der Waals surface area contributed by atoms with E-state index in [-0.39, 0.29) is 18.3 Å². The highest BCUT2D eigenvalue weighted by Crippen LogP contribution is 2.39. The molecule has 0 amide bonds. The van der Waals surface area contributed by atoms with Gasteiger partial charge >= 0.3 is 7.12 Å². The van der Waals surface area contributed by atoms with E-state index in [0.29, 0.717) is 24.0 Å². The van der Waals surface area contributed by atoms with Crippen LogP contribution in [0.3, 0.4) is 0 Å². The first kappa shape index (κ1) is 34.5. The topological polar surface area (TPSA) is 133 Å². The van der Waals surface area contributed by atoms with Crippen molar-refractivity contribution in [2.45, 2.75) is 89.6 Å². The molecule has 10 nitrogen and oxygen atoms in total. The maximum atomic E-state index is 6.29. The standard InChI is InChI=1S/C16H16N2O2.C14H20BNO3.C8H8BrNO/c17-16-12(3-4-14-13(16)6-8-19-14)10-5-7-18-15(9-10)20-11-1-2-11;1-13(2)14(3,4)19-15(18-13)10-7-8-16-12(9-10)17-11-5-6-11;9-6-1-2-7-5(8(6)10)3-4-11-7/h3-5,7,9,11H,1-2,6,8,17H2;7-9,11H,5-6H2,1-4H3;1-2H,3-4,10H2. The molecule has 2 saturated carbocycles. The molecular weight excluding hydrogens is 699 g/mol. The van der Waals surface area contributed by atoms with Crippen molar-refractivity contribution in [2.24, 2.45) is 0 Å². The number of fused-ring (bicyclic) bond motifs is 2. The van der Waals surface area contributed by atoms with Gasteiger partial charge in [0.2, 0.25) is 11.8 Å². The fourth-order valence-electron chi connectivity index (χ4n) is 5.79. The molecule has 262 valence electrons. The third kappa shape index (κ3) is 7.67. The highest BCUT2D eigenvalue weighted by Gasteiger charge is 2.51. The quantitative estimate of drug-likeness (QED) is 0.163. The number of nitrogen functional groups attached to an aromatic ring is 2. The van der Waals surface area contributed by atoms with Gasteiger partial charge < -0.3 is 39.7 Å². The van der Waals surface area contributed by atoms with Crippen LogP contribution in [0.1, 0.15) is 64.5 Å². The van der Waals surface area contributed by atoms with Gasteiger partial charge in [-0.2, -0.15) is 0 Å². The first-order chi connectivity index (χ1) is 24.0. The Morgan fingerprint density at radius 2 is 1.26 bits per heavy atom. The van der Waals surface area contributed by atoms with Crippen LogP contribution in [-0.2, 0) is 22.2 Å². The average molecular weight is 744 g/mol. The molecule has 0 radical (unpaired) electrons. The first-order valence-corrected chi connectivity index (χ1v) is 18.1. The van der Waals surface area contributed by atoms with E-state index in [1.165, 1.54) is 0 Å². The normalized spacial score (nSPS) is 19.1. The molecule has 2 aliphatic carbocycles. The Balaban J connectivity index is 0.000000123. The summed E-state index contributed by atoms with van der Waals surface area (Å²) in [5.74, 6) is 3.19. The van der Waals surface area contributed by atoms with Gasteiger partial charge in [0.15, 0.2) is 0 Å². The summed E-state index contributed by atoms with van der Waals surface area (Å²) < 4.78 is 35.3. The van der Waals surface area contributed by atoms with Crippen LogP contribution in [0.2, 0.25) is 0 Å². The maximum absolute atomic E-state index is 6.29. The van der Waals surface area contributed by atoms with E-state index in [0.717, 1.165) is 107 Å². The molecule has 0 spiro atoms. The summed E-state index contributed by atoms with van der Waals surface area (Å²) in [6.45, 7) is 9.68. The molecule has 1 saturated heterocycles. The summed E-state index contributed by atoms with van der Waals surface area (Å²) >= 11 is 3.37. The Hall–Kier alpha value is -4.00. The largest absolute Gasteiger partial charge is 0.495 e. The van der Waals surface area contributed by atoms with Gasteiger partial charge in [-0.3, -0.25) is 0 Å². The van der Waals surface area contributed by atoms with Gasteiger partial charge in [-0.1, -0.05) is 0 Å². The van der Waals surface area contributed by atoms with E-state index in [4.69, 9.17) is 39.7 Å². The van der Waals surface area contributed by atoms with E-state index >= 15 is 0 Å². The molecule has 9 rings (SSSR count). The monoisotopic (exact) mass is 742 g/mol. The third-order valence-electron chi connectivity index (χ3n) is 9.75. The second-order valence-electron chi connectivity index (χ2n) is 14.2. The Morgan fingerprint density at radius 1 is 0.720 bits per heavy atom. The predicted molar refractivity (Wildman–Crippen MR) is 198 cm³/mol. The number of hydrogen-bond donors (Lipinski definition) is 2. The molecule has 0 atom stereocenters.